The fourth-order valence-corrected chi connectivity index (χ4v) is 1.29. The van der Waals surface area contributed by atoms with Crippen molar-refractivity contribution in [1.29, 1.82) is 0 Å². The number of carbonyl (C=O) groups excluding carboxylic acids is 1. The third-order valence-electron chi connectivity index (χ3n) is 2.36. The van der Waals surface area contributed by atoms with Crippen molar-refractivity contribution in [3.8, 4) is 0 Å². The summed E-state index contributed by atoms with van der Waals surface area (Å²) in [5, 5.41) is 11.6. The van der Waals surface area contributed by atoms with Gasteiger partial charge in [0.2, 0.25) is 0 Å². The SMILES string of the molecule is Cc1ccc(NC(=O)C(C)(C)O)cc1C(F)(F)F. The summed E-state index contributed by atoms with van der Waals surface area (Å²) in [5.41, 5.74) is -2.39. The Labute approximate surface area is 103 Å². The van der Waals surface area contributed by atoms with Crippen molar-refractivity contribution in [2.24, 2.45) is 0 Å². The minimum atomic E-state index is -4.47. The summed E-state index contributed by atoms with van der Waals surface area (Å²) in [6.07, 6.45) is -4.47. The molecule has 0 saturated heterocycles. The van der Waals surface area contributed by atoms with Crippen LogP contribution >= 0.6 is 0 Å². The van der Waals surface area contributed by atoms with Gasteiger partial charge in [0.25, 0.3) is 5.91 Å². The normalized spacial score (nSPS) is 12.4. The highest BCUT2D eigenvalue weighted by Crippen LogP contribution is 2.33. The first-order valence-corrected chi connectivity index (χ1v) is 5.23. The Hall–Kier alpha value is -1.56. The molecule has 1 rings (SSSR count). The van der Waals surface area contributed by atoms with Gasteiger partial charge in [-0.15, -0.1) is 0 Å². The van der Waals surface area contributed by atoms with Crippen LogP contribution in [-0.2, 0) is 11.0 Å². The monoisotopic (exact) mass is 261 g/mol. The Bertz CT molecular complexity index is 461. The molecule has 0 spiro atoms. The Balaban J connectivity index is 3.04. The zero-order valence-electron chi connectivity index (χ0n) is 10.2. The topological polar surface area (TPSA) is 49.3 Å². The van der Waals surface area contributed by atoms with E-state index in [1.165, 1.54) is 32.9 Å². The fraction of sp³-hybridized carbons (Fsp3) is 0.417. The summed E-state index contributed by atoms with van der Waals surface area (Å²) in [5.74, 6) is -0.764. The van der Waals surface area contributed by atoms with Gasteiger partial charge in [-0.1, -0.05) is 6.07 Å². The van der Waals surface area contributed by atoms with Crippen molar-refractivity contribution < 1.29 is 23.1 Å². The second kappa shape index (κ2) is 4.61. The van der Waals surface area contributed by atoms with Crippen LogP contribution in [0.15, 0.2) is 18.2 Å². The number of anilines is 1. The highest BCUT2D eigenvalue weighted by Gasteiger charge is 2.33. The molecular formula is C12H14F3NO2. The van der Waals surface area contributed by atoms with Gasteiger partial charge in [-0.25, -0.2) is 0 Å². The Kier molecular flexibility index (Phi) is 3.71. The number of aliphatic hydroxyl groups is 1. The van der Waals surface area contributed by atoms with E-state index in [2.05, 4.69) is 5.32 Å². The minimum Gasteiger partial charge on any atom is -0.381 e. The zero-order valence-corrected chi connectivity index (χ0v) is 10.2. The largest absolute Gasteiger partial charge is 0.416 e. The van der Waals surface area contributed by atoms with Gasteiger partial charge < -0.3 is 10.4 Å². The summed E-state index contributed by atoms with van der Waals surface area (Å²) in [7, 11) is 0. The van der Waals surface area contributed by atoms with Gasteiger partial charge in [0.15, 0.2) is 0 Å². The summed E-state index contributed by atoms with van der Waals surface area (Å²) < 4.78 is 37.9. The maximum Gasteiger partial charge on any atom is 0.416 e. The molecule has 0 aliphatic carbocycles. The first kappa shape index (κ1) is 14.5. The van der Waals surface area contributed by atoms with E-state index in [0.29, 0.717) is 0 Å². The summed E-state index contributed by atoms with van der Waals surface area (Å²) in [6.45, 7) is 3.84. The molecule has 0 atom stereocenters. The van der Waals surface area contributed by atoms with E-state index >= 15 is 0 Å². The number of aryl methyl sites for hydroxylation is 1. The van der Waals surface area contributed by atoms with Crippen LogP contribution in [0.5, 0.6) is 0 Å². The highest BCUT2D eigenvalue weighted by atomic mass is 19.4. The maximum absolute atomic E-state index is 12.6. The molecule has 3 nitrogen and oxygen atoms in total. The van der Waals surface area contributed by atoms with Gasteiger partial charge in [-0.2, -0.15) is 13.2 Å². The average molecular weight is 261 g/mol. The van der Waals surface area contributed by atoms with Crippen LogP contribution in [0.4, 0.5) is 18.9 Å². The minimum absolute atomic E-state index is 0.0000463. The van der Waals surface area contributed by atoms with Gasteiger partial charge in [-0.3, -0.25) is 4.79 Å². The number of nitrogens with one attached hydrogen (secondary N) is 1. The number of amides is 1. The molecule has 100 valence electrons. The Morgan fingerprint density at radius 1 is 1.28 bits per heavy atom. The van der Waals surface area contributed by atoms with Gasteiger partial charge in [0.05, 0.1) is 5.56 Å². The summed E-state index contributed by atoms with van der Waals surface area (Å²) in [4.78, 5) is 11.4. The number of hydrogen-bond donors (Lipinski definition) is 2. The van der Waals surface area contributed by atoms with Gasteiger partial charge in [0.1, 0.15) is 5.60 Å². The lowest BCUT2D eigenvalue weighted by molar-refractivity contribution is -0.138. The molecule has 18 heavy (non-hydrogen) atoms. The van der Waals surface area contributed by atoms with Crippen molar-refractivity contribution in [2.75, 3.05) is 5.32 Å². The van der Waals surface area contributed by atoms with Crippen molar-refractivity contribution in [2.45, 2.75) is 32.5 Å². The molecule has 0 unspecified atom stereocenters. The van der Waals surface area contributed by atoms with Crippen LogP contribution in [-0.4, -0.2) is 16.6 Å². The van der Waals surface area contributed by atoms with Crippen LogP contribution in [0.1, 0.15) is 25.0 Å². The number of carbonyl (C=O) groups is 1. The van der Waals surface area contributed by atoms with Gasteiger partial charge in [0, 0.05) is 5.69 Å². The number of alkyl halides is 3. The molecule has 1 aromatic rings. The summed E-state index contributed by atoms with van der Waals surface area (Å²) in [6, 6.07) is 3.47. The molecule has 0 aromatic heterocycles. The predicted octanol–water partition coefficient (Wildman–Crippen LogP) is 2.72. The van der Waals surface area contributed by atoms with Crippen LogP contribution < -0.4 is 5.32 Å². The average Bonchev–Trinajstić information content (AvgIpc) is 2.17. The highest BCUT2D eigenvalue weighted by molar-refractivity contribution is 5.96. The van der Waals surface area contributed by atoms with E-state index in [9.17, 15) is 23.1 Å². The quantitative estimate of drug-likeness (QED) is 0.860. The van der Waals surface area contributed by atoms with E-state index in [0.717, 1.165) is 6.07 Å². The Morgan fingerprint density at radius 3 is 2.28 bits per heavy atom. The van der Waals surface area contributed by atoms with E-state index in [4.69, 9.17) is 0 Å². The lowest BCUT2D eigenvalue weighted by Gasteiger charge is -2.18. The molecule has 0 fully saturated rings. The molecule has 1 aromatic carbocycles. The fourth-order valence-electron chi connectivity index (χ4n) is 1.29. The molecule has 0 radical (unpaired) electrons. The van der Waals surface area contributed by atoms with Crippen LogP contribution in [0, 0.1) is 6.92 Å². The van der Waals surface area contributed by atoms with Crippen molar-refractivity contribution >= 4 is 11.6 Å². The lowest BCUT2D eigenvalue weighted by Crippen LogP contribution is -2.36. The van der Waals surface area contributed by atoms with E-state index in [1.54, 1.807) is 0 Å². The molecule has 1 amide bonds. The van der Waals surface area contributed by atoms with Crippen LogP contribution in [0.25, 0.3) is 0 Å². The van der Waals surface area contributed by atoms with E-state index < -0.39 is 23.2 Å². The first-order valence-electron chi connectivity index (χ1n) is 5.23. The van der Waals surface area contributed by atoms with Crippen molar-refractivity contribution in [1.82, 2.24) is 0 Å². The smallest absolute Gasteiger partial charge is 0.381 e. The second-order valence-electron chi connectivity index (χ2n) is 4.54. The number of benzene rings is 1. The molecule has 0 heterocycles. The predicted molar refractivity (Wildman–Crippen MR) is 61.1 cm³/mol. The zero-order chi connectivity index (χ0) is 14.1. The number of hydrogen-bond acceptors (Lipinski definition) is 2. The second-order valence-corrected chi connectivity index (χ2v) is 4.54. The van der Waals surface area contributed by atoms with Crippen LogP contribution in [0.2, 0.25) is 0 Å². The molecule has 0 aliphatic rings. The summed E-state index contributed by atoms with van der Waals surface area (Å²) >= 11 is 0. The third kappa shape index (κ3) is 3.46. The first-order chi connectivity index (χ1) is 8.01. The van der Waals surface area contributed by atoms with E-state index in [1.807, 2.05) is 0 Å². The number of halogens is 3. The molecule has 0 aliphatic heterocycles. The maximum atomic E-state index is 12.6. The van der Waals surface area contributed by atoms with Gasteiger partial charge in [-0.05, 0) is 38.5 Å². The number of rotatable bonds is 2. The molecule has 2 N–H and O–H groups in total. The van der Waals surface area contributed by atoms with Gasteiger partial charge >= 0.3 is 6.18 Å². The molecule has 0 saturated carbocycles. The van der Waals surface area contributed by atoms with Crippen molar-refractivity contribution in [3.63, 3.8) is 0 Å². The standard InChI is InChI=1S/C12H14F3NO2/c1-7-4-5-8(6-9(7)12(13,14)15)16-10(17)11(2,3)18/h4-6,18H,1-3H3,(H,16,17). The third-order valence-corrected chi connectivity index (χ3v) is 2.36. The van der Waals surface area contributed by atoms with Crippen LogP contribution in [0.3, 0.4) is 0 Å². The van der Waals surface area contributed by atoms with E-state index in [-0.39, 0.29) is 11.3 Å². The molecular weight excluding hydrogens is 247 g/mol. The molecule has 0 bridgehead atoms. The lowest BCUT2D eigenvalue weighted by atomic mass is 10.1. The van der Waals surface area contributed by atoms with Crippen molar-refractivity contribution in [3.05, 3.63) is 29.3 Å². The Morgan fingerprint density at radius 2 is 1.83 bits per heavy atom. The molecule has 6 heteroatoms.